The van der Waals surface area contributed by atoms with Gasteiger partial charge >= 0.3 is 5.97 Å². The first-order valence-electron chi connectivity index (χ1n) is 9.80. The zero-order chi connectivity index (χ0) is 19.5. The molecule has 1 N–H and O–H groups in total. The number of hydrogen-bond acceptors (Lipinski definition) is 3. The first-order chi connectivity index (χ1) is 13.2. The molecule has 1 aliphatic carbocycles. The van der Waals surface area contributed by atoms with Crippen molar-refractivity contribution in [2.75, 3.05) is 11.9 Å². The number of esters is 1. The Balaban J connectivity index is 0.000000313. The average Bonchev–Trinajstić information content (AvgIpc) is 3.12. The maximum atomic E-state index is 12.0. The predicted octanol–water partition coefficient (Wildman–Crippen LogP) is 5.20. The van der Waals surface area contributed by atoms with Crippen molar-refractivity contribution < 1.29 is 14.3 Å². The molecule has 0 atom stereocenters. The second-order valence-electron chi connectivity index (χ2n) is 6.97. The highest BCUT2D eigenvalue weighted by molar-refractivity contribution is 5.97. The SMILES string of the molecule is CC1CCCCC1.CCCOC(=O)c1cn(-c2ccccc2)cc1NC=O. The summed E-state index contributed by atoms with van der Waals surface area (Å²) in [5.74, 6) is 0.597. The molecule has 1 aromatic carbocycles. The molecule has 0 aliphatic heterocycles. The fourth-order valence-corrected chi connectivity index (χ4v) is 3.12. The lowest BCUT2D eigenvalue weighted by atomic mass is 9.91. The van der Waals surface area contributed by atoms with Crippen LogP contribution in [0.5, 0.6) is 0 Å². The van der Waals surface area contributed by atoms with Crippen molar-refractivity contribution in [1.82, 2.24) is 4.57 Å². The molecule has 0 saturated heterocycles. The summed E-state index contributed by atoms with van der Waals surface area (Å²) in [6, 6.07) is 9.53. The van der Waals surface area contributed by atoms with E-state index in [2.05, 4.69) is 12.2 Å². The zero-order valence-corrected chi connectivity index (χ0v) is 16.3. The number of para-hydroxylation sites is 1. The van der Waals surface area contributed by atoms with Crippen LogP contribution >= 0.6 is 0 Å². The Morgan fingerprint density at radius 1 is 1.19 bits per heavy atom. The van der Waals surface area contributed by atoms with Crippen molar-refractivity contribution >= 4 is 18.1 Å². The van der Waals surface area contributed by atoms with Gasteiger partial charge in [-0.3, -0.25) is 4.79 Å². The van der Waals surface area contributed by atoms with Crippen LogP contribution in [0.3, 0.4) is 0 Å². The van der Waals surface area contributed by atoms with E-state index in [1.807, 2.05) is 37.3 Å². The highest BCUT2D eigenvalue weighted by atomic mass is 16.5. The van der Waals surface area contributed by atoms with Crippen molar-refractivity contribution in [3.8, 4) is 5.69 Å². The van der Waals surface area contributed by atoms with Gasteiger partial charge < -0.3 is 14.6 Å². The van der Waals surface area contributed by atoms with Crippen LogP contribution in [-0.2, 0) is 9.53 Å². The molecule has 0 unspecified atom stereocenters. The Hall–Kier alpha value is -2.56. The molecule has 5 nitrogen and oxygen atoms in total. The van der Waals surface area contributed by atoms with Crippen LogP contribution in [0.1, 0.15) is 62.7 Å². The summed E-state index contributed by atoms with van der Waals surface area (Å²) in [5, 5.41) is 2.52. The van der Waals surface area contributed by atoms with Crippen LogP contribution in [0.2, 0.25) is 0 Å². The van der Waals surface area contributed by atoms with Crippen LogP contribution in [0, 0.1) is 5.92 Å². The lowest BCUT2D eigenvalue weighted by molar-refractivity contribution is -0.105. The molecular weight excluding hydrogens is 340 g/mol. The summed E-state index contributed by atoms with van der Waals surface area (Å²) >= 11 is 0. The number of amides is 1. The van der Waals surface area contributed by atoms with E-state index >= 15 is 0 Å². The van der Waals surface area contributed by atoms with E-state index in [0.29, 0.717) is 24.3 Å². The molecule has 5 heteroatoms. The molecule has 1 saturated carbocycles. The minimum Gasteiger partial charge on any atom is -0.462 e. The topological polar surface area (TPSA) is 60.3 Å². The van der Waals surface area contributed by atoms with Crippen LogP contribution in [-0.4, -0.2) is 23.6 Å². The van der Waals surface area contributed by atoms with Crippen molar-refractivity contribution in [3.63, 3.8) is 0 Å². The number of ether oxygens (including phenoxy) is 1. The molecule has 1 aromatic heterocycles. The summed E-state index contributed by atoms with van der Waals surface area (Å²) in [5.41, 5.74) is 1.68. The monoisotopic (exact) mass is 370 g/mol. The normalized spacial score (nSPS) is 14.0. The third kappa shape index (κ3) is 6.59. The summed E-state index contributed by atoms with van der Waals surface area (Å²) in [7, 11) is 0. The highest BCUT2D eigenvalue weighted by Crippen LogP contribution is 2.22. The number of nitrogens with zero attached hydrogens (tertiary/aromatic N) is 1. The lowest BCUT2D eigenvalue weighted by Crippen LogP contribution is -2.07. The molecule has 146 valence electrons. The molecule has 0 radical (unpaired) electrons. The number of aromatic nitrogens is 1. The number of carbonyl (C=O) groups excluding carboxylic acids is 2. The van der Waals surface area contributed by atoms with Crippen LogP contribution in [0.4, 0.5) is 5.69 Å². The smallest absolute Gasteiger partial charge is 0.341 e. The van der Waals surface area contributed by atoms with Gasteiger partial charge in [0.25, 0.3) is 0 Å². The number of rotatable bonds is 6. The average molecular weight is 370 g/mol. The first-order valence-corrected chi connectivity index (χ1v) is 9.80. The zero-order valence-electron chi connectivity index (χ0n) is 16.3. The maximum absolute atomic E-state index is 12.0. The first kappa shape index (κ1) is 20.7. The number of benzene rings is 1. The molecule has 2 aromatic rings. The van der Waals surface area contributed by atoms with Gasteiger partial charge in [0.05, 0.1) is 12.3 Å². The van der Waals surface area contributed by atoms with Gasteiger partial charge in [-0.2, -0.15) is 0 Å². The van der Waals surface area contributed by atoms with Crippen molar-refractivity contribution in [2.24, 2.45) is 5.92 Å². The van der Waals surface area contributed by atoms with E-state index in [9.17, 15) is 9.59 Å². The van der Waals surface area contributed by atoms with Crippen LogP contribution in [0.15, 0.2) is 42.7 Å². The van der Waals surface area contributed by atoms with Gasteiger partial charge in [0.1, 0.15) is 5.56 Å². The fraction of sp³-hybridized carbons (Fsp3) is 0.455. The second-order valence-corrected chi connectivity index (χ2v) is 6.97. The number of carbonyl (C=O) groups is 2. The van der Waals surface area contributed by atoms with Gasteiger partial charge in [-0.1, -0.05) is 64.2 Å². The predicted molar refractivity (Wildman–Crippen MR) is 108 cm³/mol. The van der Waals surface area contributed by atoms with Crippen molar-refractivity contribution in [3.05, 3.63) is 48.3 Å². The summed E-state index contributed by atoms with van der Waals surface area (Å²) in [6.07, 6.45) is 12.1. The van der Waals surface area contributed by atoms with Crippen molar-refractivity contribution in [1.29, 1.82) is 0 Å². The Bertz CT molecular complexity index is 704. The lowest BCUT2D eigenvalue weighted by Gasteiger charge is -2.15. The van der Waals surface area contributed by atoms with Gasteiger partial charge in [-0.25, -0.2) is 4.79 Å². The van der Waals surface area contributed by atoms with E-state index in [1.165, 1.54) is 32.1 Å². The summed E-state index contributed by atoms with van der Waals surface area (Å²) < 4.78 is 6.88. The van der Waals surface area contributed by atoms with Gasteiger partial charge in [0.2, 0.25) is 6.41 Å². The van der Waals surface area contributed by atoms with E-state index < -0.39 is 5.97 Å². The van der Waals surface area contributed by atoms with E-state index in [0.717, 1.165) is 18.0 Å². The largest absolute Gasteiger partial charge is 0.462 e. The molecule has 0 bridgehead atoms. The minimum atomic E-state index is -0.439. The fourth-order valence-electron chi connectivity index (χ4n) is 3.12. The molecular formula is C22H30N2O3. The Morgan fingerprint density at radius 3 is 2.44 bits per heavy atom. The maximum Gasteiger partial charge on any atom is 0.341 e. The molecule has 3 rings (SSSR count). The van der Waals surface area contributed by atoms with Crippen LogP contribution in [0.25, 0.3) is 5.69 Å². The molecule has 27 heavy (non-hydrogen) atoms. The molecule has 1 heterocycles. The third-order valence-electron chi connectivity index (χ3n) is 4.65. The van der Waals surface area contributed by atoms with Gasteiger partial charge in [0, 0.05) is 18.1 Å². The van der Waals surface area contributed by atoms with Crippen LogP contribution < -0.4 is 5.32 Å². The standard InChI is InChI=1S/C15H16N2O3.C7H14/c1-2-8-20-15(19)13-9-17(10-14(13)16-11-18)12-6-4-3-5-7-12;1-7-5-3-2-4-6-7/h3-7,9-11H,2,8H2,1H3,(H,16,18);7H,2-6H2,1H3. The van der Waals surface area contributed by atoms with Crippen molar-refractivity contribution in [2.45, 2.75) is 52.4 Å². The minimum absolute atomic E-state index is 0.342. The molecule has 0 spiro atoms. The Kier molecular flexibility index (Phi) is 8.62. The van der Waals surface area contributed by atoms with E-state index in [-0.39, 0.29) is 0 Å². The van der Waals surface area contributed by atoms with Gasteiger partial charge in [-0.05, 0) is 24.5 Å². The second kappa shape index (κ2) is 11.2. The number of hydrogen-bond donors (Lipinski definition) is 1. The van der Waals surface area contributed by atoms with Gasteiger partial charge in [0.15, 0.2) is 0 Å². The molecule has 1 fully saturated rings. The summed E-state index contributed by atoms with van der Waals surface area (Å²) in [6.45, 7) is 4.64. The van der Waals surface area contributed by atoms with E-state index in [4.69, 9.17) is 4.74 Å². The third-order valence-corrected chi connectivity index (χ3v) is 4.65. The van der Waals surface area contributed by atoms with Gasteiger partial charge in [-0.15, -0.1) is 0 Å². The Morgan fingerprint density at radius 2 is 1.89 bits per heavy atom. The van der Waals surface area contributed by atoms with E-state index in [1.54, 1.807) is 17.0 Å². The molecule has 1 amide bonds. The Labute approximate surface area is 161 Å². The highest BCUT2D eigenvalue weighted by Gasteiger charge is 2.16. The summed E-state index contributed by atoms with van der Waals surface area (Å²) in [4.78, 5) is 22.6. The quantitative estimate of drug-likeness (QED) is 0.562. The number of anilines is 1. The molecule has 1 aliphatic rings. The number of nitrogens with one attached hydrogen (secondary N) is 1.